The van der Waals surface area contributed by atoms with Crippen LogP contribution in [0.1, 0.15) is 47.2 Å². The Morgan fingerprint density at radius 3 is 2.63 bits per heavy atom. The fourth-order valence-corrected chi connectivity index (χ4v) is 3.48. The Morgan fingerprint density at radius 1 is 1.23 bits per heavy atom. The van der Waals surface area contributed by atoms with Crippen molar-refractivity contribution >= 4 is 17.4 Å². The summed E-state index contributed by atoms with van der Waals surface area (Å²) < 4.78 is 38.8. The summed E-state index contributed by atoms with van der Waals surface area (Å²) >= 11 is 0. The minimum atomic E-state index is -4.65. The summed E-state index contributed by atoms with van der Waals surface area (Å²) in [5.74, 6) is 0.182. The number of benzene rings is 1. The molecule has 1 aromatic heterocycles. The van der Waals surface area contributed by atoms with Crippen molar-refractivity contribution in [2.24, 2.45) is 5.92 Å². The molecule has 158 valence electrons. The van der Waals surface area contributed by atoms with Gasteiger partial charge in [-0.3, -0.25) is 4.79 Å². The van der Waals surface area contributed by atoms with Gasteiger partial charge in [0.2, 0.25) is 0 Å². The lowest BCUT2D eigenvalue weighted by Crippen LogP contribution is -2.25. The van der Waals surface area contributed by atoms with E-state index in [1.807, 2.05) is 0 Å². The topological polar surface area (TPSA) is 98.0 Å². The van der Waals surface area contributed by atoms with Crippen LogP contribution in [-0.2, 0) is 6.18 Å². The van der Waals surface area contributed by atoms with Crippen LogP contribution in [0.2, 0.25) is 0 Å². The maximum absolute atomic E-state index is 12.9. The first-order chi connectivity index (χ1) is 14.3. The predicted octanol–water partition coefficient (Wildman–Crippen LogP) is 4.19. The quantitative estimate of drug-likeness (QED) is 0.677. The highest BCUT2D eigenvalue weighted by Crippen LogP contribution is 2.33. The minimum absolute atomic E-state index is 0.0839. The van der Waals surface area contributed by atoms with Crippen molar-refractivity contribution in [2.75, 3.05) is 17.2 Å². The second kappa shape index (κ2) is 9.13. The van der Waals surface area contributed by atoms with Gasteiger partial charge in [0.05, 0.1) is 28.9 Å². The van der Waals surface area contributed by atoms with Crippen molar-refractivity contribution in [2.45, 2.75) is 38.0 Å². The Hall–Kier alpha value is -3.12. The molecule has 1 aromatic carbocycles. The zero-order chi connectivity index (χ0) is 21.7. The number of anilines is 2. The number of carbonyl (C=O) groups excluding carboxylic acids is 1. The Kier molecular flexibility index (Phi) is 6.57. The normalized spacial score (nSPS) is 19.0. The van der Waals surface area contributed by atoms with E-state index in [4.69, 9.17) is 5.26 Å². The lowest BCUT2D eigenvalue weighted by atomic mass is 9.87. The van der Waals surface area contributed by atoms with Crippen LogP contribution >= 0.6 is 0 Å². The Bertz CT molecular complexity index is 948. The van der Waals surface area contributed by atoms with E-state index >= 15 is 0 Å². The van der Waals surface area contributed by atoms with Gasteiger partial charge in [-0.15, -0.1) is 0 Å². The number of aliphatic hydroxyl groups excluding tert-OH is 1. The van der Waals surface area contributed by atoms with E-state index in [1.54, 1.807) is 12.1 Å². The van der Waals surface area contributed by atoms with Crippen molar-refractivity contribution in [3.05, 3.63) is 53.2 Å². The molecule has 1 amide bonds. The molecule has 1 heterocycles. The van der Waals surface area contributed by atoms with E-state index in [1.165, 1.54) is 12.3 Å². The van der Waals surface area contributed by atoms with Gasteiger partial charge in [0.25, 0.3) is 5.91 Å². The van der Waals surface area contributed by atoms with Crippen molar-refractivity contribution in [3.63, 3.8) is 0 Å². The number of aromatic nitrogens is 1. The summed E-state index contributed by atoms with van der Waals surface area (Å²) in [6.45, 7) is 0.600. The molecule has 1 saturated carbocycles. The van der Waals surface area contributed by atoms with Gasteiger partial charge < -0.3 is 15.7 Å². The maximum Gasteiger partial charge on any atom is 0.417 e. The molecule has 0 unspecified atom stereocenters. The molecule has 0 bridgehead atoms. The number of nitrogens with zero attached hydrogens (tertiary/aromatic N) is 2. The number of pyridine rings is 1. The Labute approximate surface area is 171 Å². The number of nitriles is 1. The number of carbonyl (C=O) groups is 1. The standard InChI is InChI=1S/C21H21F3N4O2/c22-21(23,24)18-8-5-15(10-14(18)11-25)28-20(30)17-2-1-9-26-19(17)27-12-13-3-6-16(29)7-4-13/h1-2,5,8-10,13,16,29H,3-4,6-7,12H2,(H,26,27)(H,28,30). The molecule has 3 rings (SSSR count). The molecule has 6 nitrogen and oxygen atoms in total. The highest BCUT2D eigenvalue weighted by atomic mass is 19.4. The van der Waals surface area contributed by atoms with Crippen molar-refractivity contribution in [1.29, 1.82) is 5.26 Å². The third-order valence-electron chi connectivity index (χ3n) is 5.13. The number of amides is 1. The molecule has 2 aromatic rings. The summed E-state index contributed by atoms with van der Waals surface area (Å²) in [6.07, 6.45) is -0.109. The molecular weight excluding hydrogens is 397 g/mol. The molecule has 1 aliphatic rings. The smallest absolute Gasteiger partial charge is 0.393 e. The van der Waals surface area contributed by atoms with Crippen molar-refractivity contribution < 1.29 is 23.1 Å². The average Bonchev–Trinajstić information content (AvgIpc) is 2.72. The monoisotopic (exact) mass is 418 g/mol. The van der Waals surface area contributed by atoms with Crippen molar-refractivity contribution in [1.82, 2.24) is 4.98 Å². The number of nitrogens with one attached hydrogen (secondary N) is 2. The summed E-state index contributed by atoms with van der Waals surface area (Å²) in [6, 6.07) is 7.54. The van der Waals surface area contributed by atoms with Crippen LogP contribution in [0.5, 0.6) is 0 Å². The van der Waals surface area contributed by atoms with Gasteiger partial charge in [-0.1, -0.05) is 0 Å². The number of aliphatic hydroxyl groups is 1. The maximum atomic E-state index is 12.9. The number of rotatable bonds is 5. The van der Waals surface area contributed by atoms with E-state index < -0.39 is 23.2 Å². The molecule has 3 N–H and O–H groups in total. The lowest BCUT2D eigenvalue weighted by molar-refractivity contribution is -0.137. The molecule has 0 radical (unpaired) electrons. The number of halogens is 3. The second-order valence-corrected chi connectivity index (χ2v) is 7.28. The number of hydrogen-bond acceptors (Lipinski definition) is 5. The van der Waals surface area contributed by atoms with E-state index in [0.29, 0.717) is 18.3 Å². The van der Waals surface area contributed by atoms with Gasteiger partial charge in [-0.05, 0) is 61.9 Å². The third-order valence-corrected chi connectivity index (χ3v) is 5.13. The summed E-state index contributed by atoms with van der Waals surface area (Å²) in [4.78, 5) is 16.9. The van der Waals surface area contributed by atoms with E-state index in [-0.39, 0.29) is 17.4 Å². The van der Waals surface area contributed by atoms with Gasteiger partial charge in [0.1, 0.15) is 5.82 Å². The molecule has 0 atom stereocenters. The van der Waals surface area contributed by atoms with Crippen molar-refractivity contribution in [3.8, 4) is 6.07 Å². The van der Waals surface area contributed by atoms with Crippen LogP contribution in [0, 0.1) is 17.2 Å². The van der Waals surface area contributed by atoms with Crippen LogP contribution < -0.4 is 10.6 Å². The highest BCUT2D eigenvalue weighted by Gasteiger charge is 2.33. The zero-order valence-corrected chi connectivity index (χ0v) is 16.0. The SMILES string of the molecule is N#Cc1cc(NC(=O)c2cccnc2NCC2CCC(O)CC2)ccc1C(F)(F)F. The van der Waals surface area contributed by atoms with Crippen LogP contribution in [-0.4, -0.2) is 28.6 Å². The van der Waals surface area contributed by atoms with Gasteiger partial charge in [-0.25, -0.2) is 4.98 Å². The molecular formula is C21H21F3N4O2. The average molecular weight is 418 g/mol. The van der Waals surface area contributed by atoms with Gasteiger partial charge in [0, 0.05) is 18.4 Å². The van der Waals surface area contributed by atoms with Crippen LogP contribution in [0.15, 0.2) is 36.5 Å². The molecule has 1 fully saturated rings. The number of hydrogen-bond donors (Lipinski definition) is 3. The summed E-state index contributed by atoms with van der Waals surface area (Å²) in [7, 11) is 0. The third kappa shape index (κ3) is 5.27. The van der Waals surface area contributed by atoms with Crippen LogP contribution in [0.4, 0.5) is 24.7 Å². The number of alkyl halides is 3. The first-order valence-electron chi connectivity index (χ1n) is 9.57. The van der Waals surface area contributed by atoms with Gasteiger partial charge in [-0.2, -0.15) is 18.4 Å². The predicted molar refractivity (Wildman–Crippen MR) is 105 cm³/mol. The minimum Gasteiger partial charge on any atom is -0.393 e. The Balaban J connectivity index is 1.71. The molecule has 9 heteroatoms. The molecule has 0 aliphatic heterocycles. The molecule has 30 heavy (non-hydrogen) atoms. The fourth-order valence-electron chi connectivity index (χ4n) is 3.48. The van der Waals surface area contributed by atoms with Crippen LogP contribution in [0.3, 0.4) is 0 Å². The van der Waals surface area contributed by atoms with Gasteiger partial charge >= 0.3 is 6.18 Å². The van der Waals surface area contributed by atoms with E-state index in [0.717, 1.165) is 43.9 Å². The van der Waals surface area contributed by atoms with E-state index in [2.05, 4.69) is 15.6 Å². The zero-order valence-electron chi connectivity index (χ0n) is 16.0. The highest BCUT2D eigenvalue weighted by molar-refractivity contribution is 6.07. The summed E-state index contributed by atoms with van der Waals surface area (Å²) in [5, 5.41) is 24.3. The second-order valence-electron chi connectivity index (χ2n) is 7.28. The summed E-state index contributed by atoms with van der Waals surface area (Å²) in [5.41, 5.74) is -1.29. The molecule has 0 saturated heterocycles. The van der Waals surface area contributed by atoms with E-state index in [9.17, 15) is 23.1 Å². The lowest BCUT2D eigenvalue weighted by Gasteiger charge is -2.25. The first-order valence-corrected chi connectivity index (χ1v) is 9.57. The fraction of sp³-hybridized carbons (Fsp3) is 0.381. The Morgan fingerprint density at radius 2 is 1.97 bits per heavy atom. The first kappa shape index (κ1) is 21.6. The van der Waals surface area contributed by atoms with Gasteiger partial charge in [0.15, 0.2) is 0 Å². The largest absolute Gasteiger partial charge is 0.417 e. The molecule has 1 aliphatic carbocycles. The molecule has 0 spiro atoms. The van der Waals surface area contributed by atoms with Crippen LogP contribution in [0.25, 0.3) is 0 Å².